The molecule has 3 amide bonds. The fraction of sp³-hybridized carbons (Fsp3) is 0.415. The van der Waals surface area contributed by atoms with Crippen LogP contribution in [-0.4, -0.2) is 111 Å². The number of fused-ring (bicyclic) bond motifs is 4. The molecule has 0 saturated carbocycles. The molecular formula is C41H42F3N9O5. The number of nitrogens with one attached hydrogen (secondary N) is 2. The Morgan fingerprint density at radius 3 is 2.64 bits per heavy atom. The molecule has 4 aromatic rings. The fourth-order valence-electron chi connectivity index (χ4n) is 8.94. The van der Waals surface area contributed by atoms with E-state index in [2.05, 4.69) is 41.7 Å². The molecule has 0 bridgehead atoms. The fourth-order valence-corrected chi connectivity index (χ4v) is 8.94. The van der Waals surface area contributed by atoms with Gasteiger partial charge in [-0.25, -0.2) is 18.2 Å². The van der Waals surface area contributed by atoms with Crippen LogP contribution in [-0.2, 0) is 29.1 Å². The molecule has 0 unspecified atom stereocenters. The van der Waals surface area contributed by atoms with E-state index in [0.717, 1.165) is 54.6 Å². The lowest BCUT2D eigenvalue weighted by Gasteiger charge is -2.43. The highest BCUT2D eigenvalue weighted by atomic mass is 19.3. The number of aromatic hydroxyl groups is 1. The maximum absolute atomic E-state index is 15.0. The van der Waals surface area contributed by atoms with Gasteiger partial charge in [0.15, 0.2) is 17.4 Å². The lowest BCUT2D eigenvalue weighted by molar-refractivity contribution is -0.136. The Labute approximate surface area is 332 Å². The number of para-hydroxylation sites is 1. The molecule has 5 aliphatic rings. The number of piperidine rings is 1. The van der Waals surface area contributed by atoms with E-state index in [4.69, 9.17) is 4.74 Å². The summed E-state index contributed by atoms with van der Waals surface area (Å²) in [5.41, 5.74) is 3.32. The molecule has 5 aliphatic heterocycles. The number of hydrogen-bond acceptors (Lipinski definition) is 12. The number of rotatable bonds is 9. The number of aryl methyl sites for hydroxylation is 1. The van der Waals surface area contributed by atoms with E-state index in [-0.39, 0.29) is 49.0 Å². The topological polar surface area (TPSA) is 156 Å². The molecule has 2 aromatic heterocycles. The van der Waals surface area contributed by atoms with Crippen molar-refractivity contribution in [1.29, 1.82) is 0 Å². The van der Waals surface area contributed by atoms with E-state index in [9.17, 15) is 23.9 Å². The number of aromatic nitrogens is 3. The number of hydrogen-bond donors (Lipinski definition) is 3. The molecule has 0 radical (unpaired) electrons. The van der Waals surface area contributed by atoms with E-state index in [1.807, 2.05) is 25.1 Å². The molecule has 14 nitrogen and oxygen atoms in total. The summed E-state index contributed by atoms with van der Waals surface area (Å²) in [6.45, 7) is 6.11. The van der Waals surface area contributed by atoms with Crippen molar-refractivity contribution in [2.75, 3.05) is 54.4 Å². The van der Waals surface area contributed by atoms with Crippen molar-refractivity contribution in [3.63, 3.8) is 0 Å². The first-order valence-electron chi connectivity index (χ1n) is 19.6. The molecule has 3 N–H and O–H groups in total. The van der Waals surface area contributed by atoms with Crippen LogP contribution in [0.5, 0.6) is 11.6 Å². The molecule has 9 rings (SSSR count). The Morgan fingerprint density at radius 2 is 1.86 bits per heavy atom. The maximum Gasteiger partial charge on any atom is 0.263 e. The van der Waals surface area contributed by atoms with E-state index in [1.54, 1.807) is 22.1 Å². The summed E-state index contributed by atoms with van der Waals surface area (Å²) >= 11 is 0. The number of anilines is 3. The van der Waals surface area contributed by atoms with Crippen molar-refractivity contribution in [2.45, 2.75) is 69.8 Å². The van der Waals surface area contributed by atoms with Gasteiger partial charge in [0, 0.05) is 87.2 Å². The van der Waals surface area contributed by atoms with Crippen LogP contribution in [0.4, 0.5) is 30.4 Å². The quantitative estimate of drug-likeness (QED) is 0.209. The smallest absolute Gasteiger partial charge is 0.263 e. The number of imide groups is 1. The van der Waals surface area contributed by atoms with Crippen molar-refractivity contribution < 1.29 is 37.4 Å². The number of amides is 3. The summed E-state index contributed by atoms with van der Waals surface area (Å²) in [5, 5.41) is 24.0. The van der Waals surface area contributed by atoms with Gasteiger partial charge in [-0.1, -0.05) is 19.1 Å². The van der Waals surface area contributed by atoms with Crippen LogP contribution >= 0.6 is 0 Å². The van der Waals surface area contributed by atoms with Crippen molar-refractivity contribution in [3.8, 4) is 22.9 Å². The highest BCUT2D eigenvalue weighted by molar-refractivity contribution is 6.05. The first-order chi connectivity index (χ1) is 28.0. The van der Waals surface area contributed by atoms with Crippen LogP contribution < -0.4 is 25.2 Å². The predicted octanol–water partition coefficient (Wildman–Crippen LogP) is 4.12. The summed E-state index contributed by atoms with van der Waals surface area (Å²) < 4.78 is 50.6. The minimum atomic E-state index is -2.73. The van der Waals surface area contributed by atoms with Crippen LogP contribution in [0.3, 0.4) is 0 Å². The summed E-state index contributed by atoms with van der Waals surface area (Å²) in [7, 11) is 0. The minimum Gasteiger partial charge on any atom is -0.504 e. The number of halogens is 3. The number of pyridine rings is 1. The number of carbonyl (C=O) groups is 3. The second-order valence-corrected chi connectivity index (χ2v) is 15.6. The highest BCUT2D eigenvalue weighted by Crippen LogP contribution is 2.47. The zero-order chi connectivity index (χ0) is 40.3. The van der Waals surface area contributed by atoms with Crippen LogP contribution in [0, 0.1) is 5.82 Å². The Balaban J connectivity index is 0.841. The SMILES string of the molecule is CCc1cc(CN2CCN(c3ccc4c(c3)C(=O)N([C@H]3CCC(=O)NC3=O)C4)CC2)cnc1O[C@H]1CN2c3cc(-c4cccc(F)c4O)nnc3NC[C@]2(C(F)F)C1. The molecule has 58 heavy (non-hydrogen) atoms. The average molecular weight is 798 g/mol. The second-order valence-electron chi connectivity index (χ2n) is 15.6. The van der Waals surface area contributed by atoms with Gasteiger partial charge in [-0.3, -0.25) is 24.6 Å². The van der Waals surface area contributed by atoms with Crippen LogP contribution in [0.1, 0.15) is 53.2 Å². The van der Waals surface area contributed by atoms with E-state index in [1.165, 1.54) is 12.1 Å². The molecule has 0 spiro atoms. The molecule has 7 heterocycles. The zero-order valence-corrected chi connectivity index (χ0v) is 31.8. The Kier molecular flexibility index (Phi) is 9.57. The summed E-state index contributed by atoms with van der Waals surface area (Å²) in [6.07, 6.45) is -0.394. The average Bonchev–Trinajstić information content (AvgIpc) is 3.77. The van der Waals surface area contributed by atoms with Crippen LogP contribution in [0.2, 0.25) is 0 Å². The first-order valence-corrected chi connectivity index (χ1v) is 19.6. The molecule has 302 valence electrons. The lowest BCUT2D eigenvalue weighted by Crippen LogP contribution is -2.57. The minimum absolute atomic E-state index is 0.0211. The summed E-state index contributed by atoms with van der Waals surface area (Å²) in [6, 6.07) is 12.9. The number of nitrogens with zero attached hydrogens (tertiary/aromatic N) is 7. The number of alkyl halides is 2. The normalized spacial score (nSPS) is 23.1. The molecular weight excluding hydrogens is 756 g/mol. The highest BCUT2D eigenvalue weighted by Gasteiger charge is 2.56. The van der Waals surface area contributed by atoms with Gasteiger partial charge in [-0.15, -0.1) is 10.2 Å². The number of phenolic OH excluding ortho intramolecular Hbond substituents is 1. The Hall–Kier alpha value is -5.97. The van der Waals surface area contributed by atoms with Gasteiger partial charge in [0.05, 0.1) is 17.9 Å². The van der Waals surface area contributed by atoms with Crippen molar-refractivity contribution >= 4 is 34.9 Å². The first kappa shape index (κ1) is 37.6. The standard InChI is InChI=1S/C41H42F3N9O5/c1-2-24-14-23(19-50-10-12-51(13-11-50)26-7-6-25-20-52(39(57)29(25)15-26)32-8-9-34(54)47-37(32)56)18-45-38(24)58-27-17-41(40(43)44)22-46-36-33(53(41)21-27)16-31(48-49-36)28-4-3-5-30(42)35(28)55/h3-7,14-16,18,27,32,40,55H,2,8-13,17,19-22H2,1H3,(H,46,49)(H,47,54,56)/t27-,32+,41+/m1/s1. The van der Waals surface area contributed by atoms with Gasteiger partial charge in [-0.2, -0.15) is 0 Å². The Morgan fingerprint density at radius 1 is 1.03 bits per heavy atom. The van der Waals surface area contributed by atoms with Gasteiger partial charge < -0.3 is 29.9 Å². The molecule has 17 heteroatoms. The number of phenols is 1. The zero-order valence-electron chi connectivity index (χ0n) is 31.8. The number of ether oxygens (including phenoxy) is 1. The number of carbonyl (C=O) groups excluding carboxylic acids is 3. The van der Waals surface area contributed by atoms with E-state index >= 15 is 8.78 Å². The van der Waals surface area contributed by atoms with Gasteiger partial charge in [0.25, 0.3) is 12.3 Å². The number of piperazine rings is 1. The third-order valence-corrected chi connectivity index (χ3v) is 12.1. The lowest BCUT2D eigenvalue weighted by atomic mass is 9.93. The third kappa shape index (κ3) is 6.60. The largest absolute Gasteiger partial charge is 0.504 e. The summed E-state index contributed by atoms with van der Waals surface area (Å²) in [5.74, 6) is -1.63. The van der Waals surface area contributed by atoms with Crippen molar-refractivity contribution in [3.05, 3.63) is 82.8 Å². The maximum atomic E-state index is 15.0. The third-order valence-electron chi connectivity index (χ3n) is 12.1. The van der Waals surface area contributed by atoms with Crippen molar-refractivity contribution in [1.82, 2.24) is 30.3 Å². The van der Waals surface area contributed by atoms with Gasteiger partial charge in [0.2, 0.25) is 17.7 Å². The van der Waals surface area contributed by atoms with Gasteiger partial charge >= 0.3 is 0 Å². The summed E-state index contributed by atoms with van der Waals surface area (Å²) in [4.78, 5) is 49.9. The molecule has 3 fully saturated rings. The van der Waals surface area contributed by atoms with E-state index in [0.29, 0.717) is 48.9 Å². The van der Waals surface area contributed by atoms with Gasteiger partial charge in [0.1, 0.15) is 17.7 Å². The van der Waals surface area contributed by atoms with E-state index < -0.39 is 41.6 Å². The number of benzene rings is 2. The monoisotopic (exact) mass is 797 g/mol. The molecule has 0 aliphatic carbocycles. The molecule has 2 aromatic carbocycles. The van der Waals surface area contributed by atoms with Crippen molar-refractivity contribution in [2.24, 2.45) is 0 Å². The molecule has 3 atom stereocenters. The second kappa shape index (κ2) is 14.8. The predicted molar refractivity (Wildman–Crippen MR) is 206 cm³/mol. The van der Waals surface area contributed by atoms with Gasteiger partial charge in [-0.05, 0) is 60.4 Å². The Bertz CT molecular complexity index is 2310. The van der Waals surface area contributed by atoms with Crippen LogP contribution in [0.25, 0.3) is 11.3 Å². The molecule has 3 saturated heterocycles. The van der Waals surface area contributed by atoms with Crippen LogP contribution in [0.15, 0.2) is 54.7 Å².